The van der Waals surface area contributed by atoms with Crippen LogP contribution in [0.3, 0.4) is 0 Å². The van der Waals surface area contributed by atoms with E-state index in [4.69, 9.17) is 4.42 Å². The van der Waals surface area contributed by atoms with Crippen LogP contribution in [0.15, 0.2) is 38.4 Å². The Labute approximate surface area is 111 Å². The number of aromatic nitrogens is 2. The van der Waals surface area contributed by atoms with Crippen LogP contribution in [0.5, 0.6) is 0 Å². The van der Waals surface area contributed by atoms with Gasteiger partial charge in [-0.25, -0.2) is 0 Å². The molecule has 0 aliphatic carbocycles. The molecule has 0 spiro atoms. The summed E-state index contributed by atoms with van der Waals surface area (Å²) in [6, 6.07) is 7.60. The fourth-order valence-corrected chi connectivity index (χ4v) is 2.13. The molecule has 1 heterocycles. The fourth-order valence-electron chi connectivity index (χ4n) is 1.17. The number of hydrogen-bond acceptors (Lipinski definition) is 5. The van der Waals surface area contributed by atoms with E-state index in [0.29, 0.717) is 16.9 Å². The molecule has 0 N–H and O–H groups in total. The summed E-state index contributed by atoms with van der Waals surface area (Å²) in [6.45, 7) is 1.53. The van der Waals surface area contributed by atoms with Crippen molar-refractivity contribution in [2.24, 2.45) is 0 Å². The topological polar surface area (TPSA) is 56.0 Å². The Bertz CT molecular complexity index is 542. The lowest BCUT2D eigenvalue weighted by Crippen LogP contribution is -1.92. The van der Waals surface area contributed by atoms with E-state index in [2.05, 4.69) is 26.1 Å². The zero-order valence-electron chi connectivity index (χ0n) is 9.01. The van der Waals surface area contributed by atoms with E-state index in [1.54, 1.807) is 0 Å². The van der Waals surface area contributed by atoms with Crippen molar-refractivity contribution in [2.75, 3.05) is 5.75 Å². The Morgan fingerprint density at radius 2 is 2.29 bits per heavy atom. The molecular weight excluding hydrogens is 304 g/mol. The van der Waals surface area contributed by atoms with E-state index < -0.39 is 0 Å². The van der Waals surface area contributed by atoms with E-state index >= 15 is 0 Å². The predicted molar refractivity (Wildman–Crippen MR) is 68.8 cm³/mol. The molecule has 0 atom stereocenters. The maximum Gasteiger partial charge on any atom is 0.277 e. The van der Waals surface area contributed by atoms with Crippen molar-refractivity contribution in [3.63, 3.8) is 0 Å². The first-order valence-electron chi connectivity index (χ1n) is 4.87. The van der Waals surface area contributed by atoms with Crippen molar-refractivity contribution in [2.45, 2.75) is 12.1 Å². The van der Waals surface area contributed by atoms with Gasteiger partial charge in [-0.2, -0.15) is 0 Å². The van der Waals surface area contributed by atoms with Crippen molar-refractivity contribution >= 4 is 33.5 Å². The number of nitrogens with zero attached hydrogens (tertiary/aromatic N) is 2. The van der Waals surface area contributed by atoms with Crippen molar-refractivity contribution < 1.29 is 9.21 Å². The van der Waals surface area contributed by atoms with Crippen LogP contribution >= 0.6 is 27.7 Å². The van der Waals surface area contributed by atoms with Gasteiger partial charge in [0, 0.05) is 10.0 Å². The molecule has 6 heteroatoms. The minimum absolute atomic E-state index is 0.0807. The quantitative estimate of drug-likeness (QED) is 0.812. The standard InChI is InChI=1S/C11H9BrN2O2S/c1-7(15)6-17-11-14-13-10(16-11)8-3-2-4-9(12)5-8/h2-5H,6H2,1H3. The number of carbonyl (C=O) groups excluding carboxylic acids is 1. The molecule has 0 saturated heterocycles. The number of carbonyl (C=O) groups is 1. The van der Waals surface area contributed by atoms with E-state index in [9.17, 15) is 4.79 Å². The van der Waals surface area contributed by atoms with E-state index in [1.165, 1.54) is 18.7 Å². The smallest absolute Gasteiger partial charge is 0.277 e. The molecule has 1 aromatic heterocycles. The zero-order chi connectivity index (χ0) is 12.3. The third kappa shape index (κ3) is 3.41. The van der Waals surface area contributed by atoms with E-state index in [0.717, 1.165) is 10.0 Å². The van der Waals surface area contributed by atoms with Crippen LogP contribution in [0.1, 0.15) is 6.92 Å². The SMILES string of the molecule is CC(=O)CSc1nnc(-c2cccc(Br)c2)o1. The summed E-state index contributed by atoms with van der Waals surface area (Å²) in [6.07, 6.45) is 0. The van der Waals surface area contributed by atoms with E-state index in [-0.39, 0.29) is 5.78 Å². The molecule has 0 aliphatic rings. The molecule has 0 aliphatic heterocycles. The summed E-state index contributed by atoms with van der Waals surface area (Å²) >= 11 is 4.62. The van der Waals surface area contributed by atoms with Crippen LogP contribution < -0.4 is 0 Å². The first-order chi connectivity index (χ1) is 8.15. The maximum atomic E-state index is 10.8. The number of Topliss-reactive ketones (excluding diaryl/α,β-unsaturated/α-hetero) is 1. The molecule has 1 aromatic carbocycles. The van der Waals surface area contributed by atoms with Gasteiger partial charge in [0.2, 0.25) is 5.89 Å². The number of benzene rings is 1. The lowest BCUT2D eigenvalue weighted by Gasteiger charge is -1.94. The summed E-state index contributed by atoms with van der Waals surface area (Å²) in [5.41, 5.74) is 0.849. The van der Waals surface area contributed by atoms with Crippen LogP contribution in [-0.4, -0.2) is 21.7 Å². The monoisotopic (exact) mass is 312 g/mol. The molecule has 0 saturated carbocycles. The molecule has 2 aromatic rings. The van der Waals surface area contributed by atoms with Crippen LogP contribution in [-0.2, 0) is 4.79 Å². The normalized spacial score (nSPS) is 10.5. The molecule has 0 fully saturated rings. The summed E-state index contributed by atoms with van der Waals surface area (Å²) < 4.78 is 6.39. The largest absolute Gasteiger partial charge is 0.411 e. The number of ketones is 1. The van der Waals surface area contributed by atoms with Gasteiger partial charge in [-0.05, 0) is 25.1 Å². The van der Waals surface area contributed by atoms with Gasteiger partial charge in [0.25, 0.3) is 5.22 Å². The molecule has 0 unspecified atom stereocenters. The lowest BCUT2D eigenvalue weighted by molar-refractivity contribution is -0.114. The zero-order valence-corrected chi connectivity index (χ0v) is 11.4. The second kappa shape index (κ2) is 5.46. The third-order valence-corrected chi connectivity index (χ3v) is 3.33. The minimum atomic E-state index is 0.0807. The Balaban J connectivity index is 2.15. The highest BCUT2D eigenvalue weighted by Gasteiger charge is 2.09. The van der Waals surface area contributed by atoms with Crippen molar-refractivity contribution in [1.29, 1.82) is 0 Å². The molecule has 0 amide bonds. The lowest BCUT2D eigenvalue weighted by atomic mass is 10.2. The highest BCUT2D eigenvalue weighted by atomic mass is 79.9. The molecule has 2 rings (SSSR count). The van der Waals surface area contributed by atoms with Crippen LogP contribution in [0.4, 0.5) is 0 Å². The first kappa shape index (κ1) is 12.3. The Morgan fingerprint density at radius 3 is 3.00 bits per heavy atom. The summed E-state index contributed by atoms with van der Waals surface area (Å²) in [5.74, 6) is 0.884. The molecule has 88 valence electrons. The van der Waals surface area contributed by atoms with Crippen LogP contribution in [0.2, 0.25) is 0 Å². The summed E-state index contributed by atoms with van der Waals surface area (Å²) in [5, 5.41) is 8.22. The van der Waals surface area contributed by atoms with Gasteiger partial charge in [0.1, 0.15) is 5.78 Å². The highest BCUT2D eigenvalue weighted by molar-refractivity contribution is 9.10. The molecule has 17 heavy (non-hydrogen) atoms. The second-order valence-corrected chi connectivity index (χ2v) is 5.22. The molecular formula is C11H9BrN2O2S. The van der Waals surface area contributed by atoms with Gasteiger partial charge < -0.3 is 4.42 Å². The van der Waals surface area contributed by atoms with Gasteiger partial charge in [-0.15, -0.1) is 10.2 Å². The van der Waals surface area contributed by atoms with Crippen molar-refractivity contribution in [3.8, 4) is 11.5 Å². The Morgan fingerprint density at radius 1 is 1.47 bits per heavy atom. The van der Waals surface area contributed by atoms with Gasteiger partial charge in [-0.3, -0.25) is 4.79 Å². The van der Waals surface area contributed by atoms with E-state index in [1.807, 2.05) is 24.3 Å². The average Bonchev–Trinajstić information content (AvgIpc) is 2.75. The number of thioether (sulfide) groups is 1. The minimum Gasteiger partial charge on any atom is -0.411 e. The summed E-state index contributed by atoms with van der Waals surface area (Å²) in [4.78, 5) is 10.8. The highest BCUT2D eigenvalue weighted by Crippen LogP contribution is 2.25. The fraction of sp³-hybridized carbons (Fsp3) is 0.182. The summed E-state index contributed by atoms with van der Waals surface area (Å²) in [7, 11) is 0. The molecule has 4 nitrogen and oxygen atoms in total. The van der Waals surface area contributed by atoms with Gasteiger partial charge in [0.05, 0.1) is 5.75 Å². The van der Waals surface area contributed by atoms with Crippen LogP contribution in [0.25, 0.3) is 11.5 Å². The number of rotatable bonds is 4. The second-order valence-electron chi connectivity index (χ2n) is 3.37. The van der Waals surface area contributed by atoms with Crippen molar-refractivity contribution in [1.82, 2.24) is 10.2 Å². The average molecular weight is 313 g/mol. The Kier molecular flexibility index (Phi) is 3.96. The Hall–Kier alpha value is -1.14. The molecule has 0 bridgehead atoms. The van der Waals surface area contributed by atoms with Gasteiger partial charge >= 0.3 is 0 Å². The first-order valence-corrected chi connectivity index (χ1v) is 6.64. The van der Waals surface area contributed by atoms with Gasteiger partial charge in [0.15, 0.2) is 0 Å². The van der Waals surface area contributed by atoms with Crippen molar-refractivity contribution in [3.05, 3.63) is 28.7 Å². The predicted octanol–water partition coefficient (Wildman–Crippen LogP) is 3.18. The maximum absolute atomic E-state index is 10.8. The van der Waals surface area contributed by atoms with Gasteiger partial charge in [-0.1, -0.05) is 33.8 Å². The number of halogens is 1. The third-order valence-electron chi connectivity index (χ3n) is 1.88. The molecule has 0 radical (unpaired) electrons. The van der Waals surface area contributed by atoms with Crippen LogP contribution in [0, 0.1) is 0 Å². The number of hydrogen-bond donors (Lipinski definition) is 0.